The lowest BCUT2D eigenvalue weighted by Gasteiger charge is -2.15. The van der Waals surface area contributed by atoms with Gasteiger partial charge in [-0.2, -0.15) is 0 Å². The lowest BCUT2D eigenvalue weighted by Crippen LogP contribution is -2.29. The minimum Gasteiger partial charge on any atom is -0.497 e. The number of benzene rings is 2. The quantitative estimate of drug-likeness (QED) is 0.545. The molecule has 0 aliphatic heterocycles. The number of methoxy groups -OCH3 is 2. The topological polar surface area (TPSA) is 103 Å². The number of amides is 1. The molecule has 0 radical (unpaired) electrons. The Balaban J connectivity index is 1.68. The van der Waals surface area contributed by atoms with E-state index in [-0.39, 0.29) is 12.2 Å². The first-order chi connectivity index (χ1) is 15.0. The average Bonchev–Trinajstić information content (AvgIpc) is 2.82. The van der Waals surface area contributed by atoms with Crippen LogP contribution in [0.5, 0.6) is 17.2 Å². The van der Waals surface area contributed by atoms with Gasteiger partial charge in [-0.15, -0.1) is 0 Å². The third kappa shape index (κ3) is 5.70. The molecule has 3 aromatic rings. The molecule has 1 atom stereocenters. The highest BCUT2D eigenvalue weighted by Gasteiger charge is 2.15. The molecule has 1 amide bonds. The van der Waals surface area contributed by atoms with Crippen molar-refractivity contribution in [1.82, 2.24) is 15.3 Å². The lowest BCUT2D eigenvalue weighted by molar-refractivity contribution is 0.0911. The van der Waals surface area contributed by atoms with Crippen molar-refractivity contribution in [3.8, 4) is 28.5 Å². The Morgan fingerprint density at radius 2 is 1.71 bits per heavy atom. The van der Waals surface area contributed by atoms with Crippen molar-refractivity contribution >= 4 is 5.91 Å². The molecule has 0 aliphatic rings. The van der Waals surface area contributed by atoms with E-state index in [9.17, 15) is 9.90 Å². The van der Waals surface area contributed by atoms with Crippen molar-refractivity contribution < 1.29 is 24.1 Å². The maximum atomic E-state index is 12.6. The first-order valence-electron chi connectivity index (χ1n) is 9.78. The summed E-state index contributed by atoms with van der Waals surface area (Å²) in [6.45, 7) is 2.50. The van der Waals surface area contributed by atoms with E-state index in [0.29, 0.717) is 29.4 Å². The van der Waals surface area contributed by atoms with Crippen molar-refractivity contribution in [3.05, 3.63) is 66.1 Å². The Bertz CT molecular complexity index is 1000. The molecule has 2 N–H and O–H groups in total. The Kier molecular flexibility index (Phi) is 7.40. The fraction of sp³-hybridized carbons (Fsp3) is 0.261. The lowest BCUT2D eigenvalue weighted by atomic mass is 10.1. The van der Waals surface area contributed by atoms with E-state index >= 15 is 0 Å². The molecule has 1 heterocycles. The number of ether oxygens (including phenoxy) is 3. The van der Waals surface area contributed by atoms with E-state index in [2.05, 4.69) is 15.3 Å². The summed E-state index contributed by atoms with van der Waals surface area (Å²) in [4.78, 5) is 21.1. The van der Waals surface area contributed by atoms with Crippen molar-refractivity contribution in [2.24, 2.45) is 0 Å². The second kappa shape index (κ2) is 10.4. The van der Waals surface area contributed by atoms with E-state index in [1.165, 1.54) is 20.4 Å². The number of nitrogens with zero attached hydrogens (tertiary/aromatic N) is 2. The van der Waals surface area contributed by atoms with Gasteiger partial charge in [0.2, 0.25) is 0 Å². The number of carbonyl (C=O) groups is 1. The van der Waals surface area contributed by atoms with Crippen LogP contribution < -0.4 is 19.5 Å². The van der Waals surface area contributed by atoms with Crippen LogP contribution >= 0.6 is 0 Å². The number of carbonyl (C=O) groups excluding carboxylic acids is 1. The summed E-state index contributed by atoms with van der Waals surface area (Å²) in [6, 6.07) is 12.5. The number of aromatic nitrogens is 2. The number of hydrogen-bond donors (Lipinski definition) is 2. The minimum absolute atomic E-state index is 0.00981. The fourth-order valence-electron chi connectivity index (χ4n) is 2.92. The van der Waals surface area contributed by atoms with Crippen LogP contribution in [-0.4, -0.2) is 48.4 Å². The molecule has 162 valence electrons. The zero-order chi connectivity index (χ0) is 22.2. The maximum Gasteiger partial charge on any atom is 0.271 e. The van der Waals surface area contributed by atoms with Crippen LogP contribution in [0.1, 0.15) is 29.1 Å². The molecule has 8 heteroatoms. The summed E-state index contributed by atoms with van der Waals surface area (Å²) in [5.41, 5.74) is 2.09. The van der Waals surface area contributed by atoms with Crippen molar-refractivity contribution in [1.29, 1.82) is 0 Å². The third-order valence-electron chi connectivity index (χ3n) is 4.54. The van der Waals surface area contributed by atoms with Crippen LogP contribution in [0.15, 0.2) is 54.9 Å². The first kappa shape index (κ1) is 22.0. The normalized spacial score (nSPS) is 11.5. The van der Waals surface area contributed by atoms with Gasteiger partial charge in [-0.3, -0.25) is 9.78 Å². The van der Waals surface area contributed by atoms with Gasteiger partial charge in [-0.25, -0.2) is 4.98 Å². The smallest absolute Gasteiger partial charge is 0.271 e. The van der Waals surface area contributed by atoms with Crippen molar-refractivity contribution in [3.63, 3.8) is 0 Å². The van der Waals surface area contributed by atoms with Crippen LogP contribution in [0.4, 0.5) is 0 Å². The second-order valence-electron chi connectivity index (χ2n) is 6.62. The van der Waals surface area contributed by atoms with Crippen LogP contribution in [0, 0.1) is 0 Å². The fourth-order valence-corrected chi connectivity index (χ4v) is 2.92. The Morgan fingerprint density at radius 3 is 2.32 bits per heavy atom. The molecule has 0 aliphatic carbocycles. The van der Waals surface area contributed by atoms with Gasteiger partial charge in [0.1, 0.15) is 22.9 Å². The SMILES string of the molecule is CCOc1ccc(-c2cncc(C(=O)NCC(O)c3cc(OC)cc(OC)c3)n2)cc1. The summed E-state index contributed by atoms with van der Waals surface area (Å²) in [6.07, 6.45) is 2.02. The number of aliphatic hydroxyl groups excluding tert-OH is 1. The van der Waals surface area contributed by atoms with E-state index < -0.39 is 12.0 Å². The van der Waals surface area contributed by atoms with Crippen LogP contribution in [0.3, 0.4) is 0 Å². The van der Waals surface area contributed by atoms with E-state index in [0.717, 1.165) is 11.3 Å². The zero-order valence-electron chi connectivity index (χ0n) is 17.7. The molecule has 0 spiro atoms. The first-order valence-corrected chi connectivity index (χ1v) is 9.78. The van der Waals surface area contributed by atoms with Crippen molar-refractivity contribution in [2.75, 3.05) is 27.4 Å². The highest BCUT2D eigenvalue weighted by Crippen LogP contribution is 2.26. The van der Waals surface area contributed by atoms with Gasteiger partial charge in [0.25, 0.3) is 5.91 Å². The Hall–Kier alpha value is -3.65. The van der Waals surface area contributed by atoms with E-state index in [1.807, 2.05) is 31.2 Å². The summed E-state index contributed by atoms with van der Waals surface area (Å²) in [7, 11) is 3.06. The predicted octanol–water partition coefficient (Wildman–Crippen LogP) is 3.02. The molecule has 31 heavy (non-hydrogen) atoms. The van der Waals surface area contributed by atoms with Gasteiger partial charge in [-0.05, 0) is 48.9 Å². The molecule has 1 aromatic heterocycles. The maximum absolute atomic E-state index is 12.6. The summed E-state index contributed by atoms with van der Waals surface area (Å²) in [5, 5.41) is 13.2. The molecule has 0 saturated heterocycles. The number of hydrogen-bond acceptors (Lipinski definition) is 7. The van der Waals surface area contributed by atoms with E-state index in [1.54, 1.807) is 24.4 Å². The molecule has 0 fully saturated rings. The molecule has 1 unspecified atom stereocenters. The van der Waals surface area contributed by atoms with Gasteiger partial charge in [0.15, 0.2) is 0 Å². The monoisotopic (exact) mass is 423 g/mol. The average molecular weight is 423 g/mol. The summed E-state index contributed by atoms with van der Waals surface area (Å²) in [5.74, 6) is 1.42. The van der Waals surface area contributed by atoms with Crippen LogP contribution in [-0.2, 0) is 0 Å². The number of aliphatic hydroxyl groups is 1. The highest BCUT2D eigenvalue weighted by molar-refractivity contribution is 5.92. The highest BCUT2D eigenvalue weighted by atomic mass is 16.5. The molecular weight excluding hydrogens is 398 g/mol. The van der Waals surface area contributed by atoms with Gasteiger partial charge < -0.3 is 24.6 Å². The van der Waals surface area contributed by atoms with Gasteiger partial charge in [-0.1, -0.05) is 0 Å². The van der Waals surface area contributed by atoms with Crippen molar-refractivity contribution in [2.45, 2.75) is 13.0 Å². The molecule has 3 rings (SSSR count). The summed E-state index contributed by atoms with van der Waals surface area (Å²) < 4.78 is 15.9. The van der Waals surface area contributed by atoms with Crippen LogP contribution in [0.25, 0.3) is 11.3 Å². The number of rotatable bonds is 9. The van der Waals surface area contributed by atoms with Gasteiger partial charge in [0.05, 0.1) is 45.0 Å². The van der Waals surface area contributed by atoms with Crippen LogP contribution in [0.2, 0.25) is 0 Å². The molecule has 0 bridgehead atoms. The largest absolute Gasteiger partial charge is 0.497 e. The molecular formula is C23H25N3O5. The second-order valence-corrected chi connectivity index (χ2v) is 6.62. The molecule has 2 aromatic carbocycles. The van der Waals surface area contributed by atoms with Gasteiger partial charge >= 0.3 is 0 Å². The Morgan fingerprint density at radius 1 is 1.03 bits per heavy atom. The zero-order valence-corrected chi connectivity index (χ0v) is 17.7. The summed E-state index contributed by atoms with van der Waals surface area (Å²) >= 11 is 0. The number of nitrogens with one attached hydrogen (secondary N) is 1. The standard InChI is InChI=1S/C23H25N3O5/c1-4-31-17-7-5-15(6-8-17)20-12-24-13-21(26-20)23(28)25-14-22(27)16-9-18(29-2)11-19(10-16)30-3/h5-13,22,27H,4,14H2,1-3H3,(H,25,28). The van der Waals surface area contributed by atoms with E-state index in [4.69, 9.17) is 14.2 Å². The minimum atomic E-state index is -0.949. The van der Waals surface area contributed by atoms with Gasteiger partial charge in [0, 0.05) is 18.2 Å². The predicted molar refractivity (Wildman–Crippen MR) is 115 cm³/mol. The molecule has 8 nitrogen and oxygen atoms in total. The third-order valence-corrected chi connectivity index (χ3v) is 4.54. The molecule has 0 saturated carbocycles. The Labute approximate surface area is 180 Å².